The van der Waals surface area contributed by atoms with Gasteiger partial charge in [0.2, 0.25) is 0 Å². The van der Waals surface area contributed by atoms with Crippen molar-refractivity contribution in [3.05, 3.63) is 120 Å². The highest BCUT2D eigenvalue weighted by Crippen LogP contribution is 2.42. The zero-order valence-corrected chi connectivity index (χ0v) is 19.8. The summed E-state index contributed by atoms with van der Waals surface area (Å²) in [6.45, 7) is 0. The number of amides is 1. The number of carbonyl (C=O) groups is 1. The molecule has 7 heteroatoms. The summed E-state index contributed by atoms with van der Waals surface area (Å²) in [6, 6.07) is 34.1. The van der Waals surface area contributed by atoms with E-state index >= 15 is 0 Å². The molecule has 0 aliphatic rings. The molecular weight excluding hydrogens is 469 g/mol. The Balaban J connectivity index is 0.00000304. The molecule has 0 aliphatic heterocycles. The molecule has 0 bridgehead atoms. The topological polar surface area (TPSA) is 71.0 Å². The molecule has 1 N–H and O–H groups in total. The lowest BCUT2D eigenvalue weighted by Crippen LogP contribution is -2.22. The van der Waals surface area contributed by atoms with Gasteiger partial charge in [-0.25, -0.2) is 9.80 Å². The summed E-state index contributed by atoms with van der Waals surface area (Å²) >= 11 is 0. The molecule has 2 unspecified atom stereocenters. The number of nitrogens with zero attached hydrogens (tertiary/aromatic N) is 2. The van der Waals surface area contributed by atoms with Crippen molar-refractivity contribution in [1.82, 2.24) is 0 Å². The molecule has 5 rings (SSSR count). The summed E-state index contributed by atoms with van der Waals surface area (Å²) in [5.74, 6) is -0.274. The number of hydrogen-bond donors (Lipinski definition) is 1. The average molecular weight is 496 g/mol. The smallest absolute Gasteiger partial charge is 0.408 e. The first-order valence-electron chi connectivity index (χ1n) is 11.1. The van der Waals surface area contributed by atoms with Crippen molar-refractivity contribution in [2.45, 2.75) is 13.2 Å². The van der Waals surface area contributed by atoms with Crippen molar-refractivity contribution in [2.75, 3.05) is 10.3 Å². The Morgan fingerprint density at radius 2 is 1.42 bits per heavy atom. The lowest BCUT2D eigenvalue weighted by atomic mass is 10.0. The van der Waals surface area contributed by atoms with Crippen LogP contribution in [-0.4, -0.2) is 6.09 Å². The highest BCUT2D eigenvalue weighted by atomic mass is 31.0. The Morgan fingerprint density at radius 1 is 0.806 bits per heavy atom. The van der Waals surface area contributed by atoms with Crippen molar-refractivity contribution in [3.63, 3.8) is 0 Å². The molecule has 0 radical (unpaired) electrons. The number of fused-ring (bicyclic) bond motifs is 2. The van der Waals surface area contributed by atoms with Crippen molar-refractivity contribution in [1.29, 1.82) is 0 Å². The predicted molar refractivity (Wildman–Crippen MR) is 151 cm³/mol. The van der Waals surface area contributed by atoms with Crippen LogP contribution < -0.4 is 15.1 Å². The van der Waals surface area contributed by atoms with Gasteiger partial charge < -0.3 is 4.74 Å². The summed E-state index contributed by atoms with van der Waals surface area (Å²) in [7, 11) is 2.69. The highest BCUT2D eigenvalue weighted by Gasteiger charge is 2.24. The van der Waals surface area contributed by atoms with Gasteiger partial charge in [-0.3, -0.25) is 5.32 Å². The zero-order valence-electron chi connectivity index (χ0n) is 18.7. The van der Waals surface area contributed by atoms with Gasteiger partial charge in [-0.15, -0.1) is 14.1 Å². The Morgan fingerprint density at radius 3 is 2.14 bits per heavy atom. The van der Waals surface area contributed by atoms with Crippen LogP contribution in [0.1, 0.15) is 18.8 Å². The lowest BCUT2D eigenvalue weighted by molar-refractivity contribution is 0.215. The van der Waals surface area contributed by atoms with Crippen LogP contribution in [0.4, 0.5) is 16.2 Å². The van der Waals surface area contributed by atoms with Crippen LogP contribution in [0.25, 0.3) is 21.5 Å². The highest BCUT2D eigenvalue weighted by molar-refractivity contribution is 7.17. The number of rotatable bonds is 6. The molecule has 0 saturated carbocycles. The number of carbonyl (C=O) groups excluding carboxylic acids is 1. The maximum absolute atomic E-state index is 12.7. The molecule has 0 fully saturated rings. The van der Waals surface area contributed by atoms with Gasteiger partial charge in [0.25, 0.3) is 0 Å². The third kappa shape index (κ3) is 5.04. The second-order valence-electron chi connectivity index (χ2n) is 7.99. The Bertz CT molecular complexity index is 1520. The molecule has 6 nitrogen and oxygen atoms in total. The molecule has 0 aromatic heterocycles. The first-order valence-corrected chi connectivity index (χ1v) is 11.7. The van der Waals surface area contributed by atoms with E-state index in [1.807, 2.05) is 91.0 Å². The molecule has 0 spiro atoms. The van der Waals surface area contributed by atoms with Crippen LogP contribution in [0.2, 0.25) is 0 Å². The Labute approximate surface area is 212 Å². The minimum Gasteiger partial charge on any atom is -0.408 e. The van der Waals surface area contributed by atoms with Gasteiger partial charge in [-0.1, -0.05) is 92.4 Å². The molecular formula is C29H26N3O3P. The van der Waals surface area contributed by atoms with E-state index in [1.54, 1.807) is 18.2 Å². The minimum atomic E-state index is -0.663. The number of nitroso groups, excluding NO2 is 1. The van der Waals surface area contributed by atoms with Crippen molar-refractivity contribution < 1.29 is 9.53 Å². The van der Waals surface area contributed by atoms with Crippen molar-refractivity contribution in [3.8, 4) is 5.75 Å². The number of nitrogens with one attached hydrogen (secondary N) is 1. The Kier molecular flexibility index (Phi) is 7.57. The average Bonchev–Trinajstić information content (AvgIpc) is 2.89. The van der Waals surface area contributed by atoms with Crippen molar-refractivity contribution in [2.24, 2.45) is 5.29 Å². The van der Waals surface area contributed by atoms with E-state index in [0.29, 0.717) is 11.4 Å². The number of anilines is 2. The largest absolute Gasteiger partial charge is 0.417 e. The maximum Gasteiger partial charge on any atom is 0.417 e. The summed E-state index contributed by atoms with van der Waals surface area (Å²) in [6.07, 6.45) is -0.663. The second kappa shape index (κ2) is 11.0. The normalized spacial score (nSPS) is 11.4. The molecule has 2 atom stereocenters. The molecule has 36 heavy (non-hydrogen) atoms. The van der Waals surface area contributed by atoms with Crippen LogP contribution in [0.3, 0.4) is 0 Å². The van der Waals surface area contributed by atoms with Crippen LogP contribution in [-0.2, 0) is 0 Å². The SMILES string of the molecule is C.O=NN(c1cc2ccccc2cc1OC(=O)Nc1ccccc1)C(P)c1cccc2ccccc12. The van der Waals surface area contributed by atoms with Crippen LogP contribution in [0.5, 0.6) is 5.75 Å². The maximum atomic E-state index is 12.7. The standard InChI is InChI=1S/C28H22N3O3P.CH4/c32-28(29-22-13-2-1-3-14-22)34-26-18-21-11-5-4-10-20(21)17-25(26)31(30-33)27(35)24-16-8-12-19-9-6-7-15-23(19)24;/h1-18,27H,35H2,(H,29,32);1H4. The molecule has 5 aromatic carbocycles. The third-order valence-corrected chi connectivity index (χ3v) is 6.43. The van der Waals surface area contributed by atoms with Gasteiger partial charge in [-0.05, 0) is 51.4 Å². The fraction of sp³-hybridized carbons (Fsp3) is 0.0690. The molecule has 180 valence electrons. The molecule has 0 saturated heterocycles. The molecule has 5 aromatic rings. The Hall–Kier alpha value is -4.28. The molecule has 1 amide bonds. The fourth-order valence-corrected chi connectivity index (χ4v) is 4.62. The van der Waals surface area contributed by atoms with Gasteiger partial charge in [0.1, 0.15) is 5.69 Å². The van der Waals surface area contributed by atoms with Gasteiger partial charge in [0.05, 0.1) is 11.1 Å². The van der Waals surface area contributed by atoms with E-state index in [4.69, 9.17) is 4.74 Å². The molecule has 0 aliphatic carbocycles. The van der Waals surface area contributed by atoms with Crippen LogP contribution in [0.15, 0.2) is 114 Å². The van der Waals surface area contributed by atoms with Gasteiger partial charge in [0, 0.05) is 5.69 Å². The van der Waals surface area contributed by atoms with Crippen molar-refractivity contribution >= 4 is 48.3 Å². The monoisotopic (exact) mass is 495 g/mol. The zero-order chi connectivity index (χ0) is 24.2. The molecule has 0 heterocycles. The first-order chi connectivity index (χ1) is 17.1. The predicted octanol–water partition coefficient (Wildman–Crippen LogP) is 8.30. The van der Waals surface area contributed by atoms with E-state index in [2.05, 4.69) is 19.8 Å². The quantitative estimate of drug-likeness (QED) is 0.146. The van der Waals surface area contributed by atoms with E-state index in [0.717, 1.165) is 27.1 Å². The van der Waals surface area contributed by atoms with E-state index in [9.17, 15) is 9.70 Å². The lowest BCUT2D eigenvalue weighted by Gasteiger charge is -2.26. The minimum absolute atomic E-state index is 0. The summed E-state index contributed by atoms with van der Waals surface area (Å²) in [5, 5.41) is 11.2. The van der Waals surface area contributed by atoms with E-state index in [-0.39, 0.29) is 13.2 Å². The van der Waals surface area contributed by atoms with E-state index in [1.165, 1.54) is 5.01 Å². The van der Waals surface area contributed by atoms with Gasteiger partial charge in [0.15, 0.2) is 5.75 Å². The number of hydrogen-bond acceptors (Lipinski definition) is 4. The van der Waals surface area contributed by atoms with Crippen LogP contribution >= 0.6 is 9.24 Å². The third-order valence-electron chi connectivity index (χ3n) is 5.79. The summed E-state index contributed by atoms with van der Waals surface area (Å²) < 4.78 is 5.71. The summed E-state index contributed by atoms with van der Waals surface area (Å²) in [5.41, 5.74) is 1.89. The summed E-state index contributed by atoms with van der Waals surface area (Å²) in [4.78, 5) is 25.0. The second-order valence-corrected chi connectivity index (χ2v) is 8.62. The van der Waals surface area contributed by atoms with Gasteiger partial charge in [-0.2, -0.15) is 0 Å². The van der Waals surface area contributed by atoms with Gasteiger partial charge >= 0.3 is 6.09 Å². The van der Waals surface area contributed by atoms with Crippen LogP contribution in [0, 0.1) is 4.91 Å². The van der Waals surface area contributed by atoms with E-state index < -0.39 is 11.9 Å². The number of benzene rings is 5. The fourth-order valence-electron chi connectivity index (χ4n) is 4.12. The number of para-hydroxylation sites is 1. The first kappa shape index (κ1) is 24.8. The number of ether oxygens (including phenoxy) is 1.